The third-order valence-electron chi connectivity index (χ3n) is 3.10. The largest absolute Gasteiger partial charge is 0.382 e. The van der Waals surface area contributed by atoms with E-state index >= 15 is 0 Å². The first-order valence-electron chi connectivity index (χ1n) is 6.10. The Bertz CT molecular complexity index is 416. The molecular weight excluding hydrogens is 228 g/mol. The van der Waals surface area contributed by atoms with Crippen LogP contribution in [0, 0.1) is 6.92 Å². The number of aryl methyl sites for hydroxylation is 1. The number of carbonyl (C=O) groups excluding carboxylic acids is 1. The van der Waals surface area contributed by atoms with Crippen LogP contribution in [0.5, 0.6) is 0 Å². The van der Waals surface area contributed by atoms with Crippen molar-refractivity contribution >= 4 is 5.91 Å². The molecule has 0 aliphatic heterocycles. The van der Waals surface area contributed by atoms with Gasteiger partial charge in [-0.15, -0.1) is 0 Å². The zero-order valence-corrected chi connectivity index (χ0v) is 11.2. The van der Waals surface area contributed by atoms with E-state index in [1.165, 1.54) is 11.1 Å². The normalized spacial score (nSPS) is 13.2. The molecular formula is C14H22N2O2. The highest BCUT2D eigenvalue weighted by molar-refractivity contribution is 5.80. The van der Waals surface area contributed by atoms with Crippen LogP contribution in [0.2, 0.25) is 0 Å². The Morgan fingerprint density at radius 2 is 2.06 bits per heavy atom. The second-order valence-electron chi connectivity index (χ2n) is 5.17. The molecule has 1 atom stereocenters. The summed E-state index contributed by atoms with van der Waals surface area (Å²) < 4.78 is 0. The monoisotopic (exact) mass is 250 g/mol. The van der Waals surface area contributed by atoms with Gasteiger partial charge in [0.15, 0.2) is 0 Å². The summed E-state index contributed by atoms with van der Waals surface area (Å²) in [6.45, 7) is 6.58. The van der Waals surface area contributed by atoms with Crippen LogP contribution in [0.3, 0.4) is 0 Å². The molecule has 1 amide bonds. The molecule has 1 rings (SSSR count). The molecule has 4 heteroatoms. The molecule has 0 aliphatic carbocycles. The van der Waals surface area contributed by atoms with Gasteiger partial charge in [0, 0.05) is 18.5 Å². The van der Waals surface area contributed by atoms with E-state index in [1.54, 1.807) is 0 Å². The predicted octanol–water partition coefficient (Wildman–Crippen LogP) is 0.708. The van der Waals surface area contributed by atoms with Crippen LogP contribution in [-0.2, 0) is 10.2 Å². The van der Waals surface area contributed by atoms with Crippen molar-refractivity contribution in [2.45, 2.75) is 32.3 Å². The van der Waals surface area contributed by atoms with E-state index in [0.29, 0.717) is 6.54 Å². The Kier molecular flexibility index (Phi) is 4.87. The minimum atomic E-state index is -1.13. The molecule has 0 saturated carbocycles. The Morgan fingerprint density at radius 1 is 1.44 bits per heavy atom. The summed E-state index contributed by atoms with van der Waals surface area (Å²) in [5, 5.41) is 12.0. The number of hydrogen-bond acceptors (Lipinski definition) is 3. The lowest BCUT2D eigenvalue weighted by molar-refractivity contribution is -0.129. The lowest BCUT2D eigenvalue weighted by atomic mass is 9.82. The predicted molar refractivity (Wildman–Crippen MR) is 72.3 cm³/mol. The number of aliphatic hydroxyl groups excluding tert-OH is 1. The average Bonchev–Trinajstić information content (AvgIpc) is 2.35. The summed E-state index contributed by atoms with van der Waals surface area (Å²) in [6, 6.07) is 8.08. The van der Waals surface area contributed by atoms with Gasteiger partial charge in [-0.05, 0) is 18.1 Å². The van der Waals surface area contributed by atoms with Crippen LogP contribution in [0.1, 0.15) is 25.0 Å². The summed E-state index contributed by atoms with van der Waals surface area (Å²) in [5.74, 6) is -0.417. The molecule has 0 fully saturated rings. The third-order valence-corrected chi connectivity index (χ3v) is 3.10. The minimum absolute atomic E-state index is 0.0589. The van der Waals surface area contributed by atoms with E-state index in [1.807, 2.05) is 25.1 Å². The van der Waals surface area contributed by atoms with Crippen molar-refractivity contribution in [3.8, 4) is 0 Å². The molecule has 0 radical (unpaired) electrons. The van der Waals surface area contributed by atoms with Crippen molar-refractivity contribution in [1.29, 1.82) is 0 Å². The van der Waals surface area contributed by atoms with Gasteiger partial charge in [-0.1, -0.05) is 38.1 Å². The minimum Gasteiger partial charge on any atom is -0.382 e. The topological polar surface area (TPSA) is 75.3 Å². The summed E-state index contributed by atoms with van der Waals surface area (Å²) in [7, 11) is 0. The molecule has 1 aromatic rings. The number of nitrogens with one attached hydrogen (secondary N) is 1. The zero-order valence-electron chi connectivity index (χ0n) is 11.2. The fourth-order valence-corrected chi connectivity index (χ4v) is 1.96. The number of carbonyl (C=O) groups is 1. The third kappa shape index (κ3) is 3.55. The molecule has 4 nitrogen and oxygen atoms in total. The Balaban J connectivity index is 2.71. The SMILES string of the molecule is Cc1ccccc1C(C)(C)CNC(=O)C(O)CN. The van der Waals surface area contributed by atoms with Crippen LogP contribution in [-0.4, -0.2) is 30.2 Å². The second-order valence-corrected chi connectivity index (χ2v) is 5.17. The molecule has 0 spiro atoms. The maximum atomic E-state index is 11.5. The van der Waals surface area contributed by atoms with E-state index in [2.05, 4.69) is 25.2 Å². The van der Waals surface area contributed by atoms with Gasteiger partial charge in [-0.25, -0.2) is 0 Å². The Morgan fingerprint density at radius 3 is 2.61 bits per heavy atom. The number of amides is 1. The fraction of sp³-hybridized carbons (Fsp3) is 0.500. The number of nitrogens with two attached hydrogens (primary N) is 1. The lowest BCUT2D eigenvalue weighted by Gasteiger charge is -2.27. The van der Waals surface area contributed by atoms with E-state index in [-0.39, 0.29) is 12.0 Å². The van der Waals surface area contributed by atoms with Gasteiger partial charge in [-0.2, -0.15) is 0 Å². The summed E-state index contributed by atoms with van der Waals surface area (Å²) in [6.07, 6.45) is -1.13. The van der Waals surface area contributed by atoms with Crippen LogP contribution >= 0.6 is 0 Å². The molecule has 0 saturated heterocycles. The molecule has 100 valence electrons. The van der Waals surface area contributed by atoms with Crippen molar-refractivity contribution in [2.24, 2.45) is 5.73 Å². The van der Waals surface area contributed by atoms with Crippen LogP contribution in [0.15, 0.2) is 24.3 Å². The van der Waals surface area contributed by atoms with Crippen molar-refractivity contribution in [1.82, 2.24) is 5.32 Å². The maximum Gasteiger partial charge on any atom is 0.250 e. The molecule has 4 N–H and O–H groups in total. The van der Waals surface area contributed by atoms with Crippen LogP contribution in [0.25, 0.3) is 0 Å². The highest BCUT2D eigenvalue weighted by atomic mass is 16.3. The van der Waals surface area contributed by atoms with Gasteiger partial charge in [-0.3, -0.25) is 4.79 Å². The smallest absolute Gasteiger partial charge is 0.250 e. The highest BCUT2D eigenvalue weighted by Crippen LogP contribution is 2.25. The number of benzene rings is 1. The zero-order chi connectivity index (χ0) is 13.8. The molecule has 0 aromatic heterocycles. The van der Waals surface area contributed by atoms with E-state index in [9.17, 15) is 9.90 Å². The van der Waals surface area contributed by atoms with Gasteiger partial charge in [0.05, 0.1) is 0 Å². The van der Waals surface area contributed by atoms with Gasteiger partial charge in [0.1, 0.15) is 6.10 Å². The van der Waals surface area contributed by atoms with Crippen molar-refractivity contribution in [3.63, 3.8) is 0 Å². The quantitative estimate of drug-likeness (QED) is 0.720. The number of hydrogen-bond donors (Lipinski definition) is 3. The molecule has 0 aliphatic rings. The average molecular weight is 250 g/mol. The van der Waals surface area contributed by atoms with Gasteiger partial charge >= 0.3 is 0 Å². The van der Waals surface area contributed by atoms with Crippen molar-refractivity contribution in [2.75, 3.05) is 13.1 Å². The summed E-state index contributed by atoms with van der Waals surface area (Å²) in [4.78, 5) is 11.5. The summed E-state index contributed by atoms with van der Waals surface area (Å²) >= 11 is 0. The van der Waals surface area contributed by atoms with Crippen molar-refractivity contribution < 1.29 is 9.90 Å². The Labute approximate surface area is 108 Å². The summed E-state index contributed by atoms with van der Waals surface area (Å²) in [5.41, 5.74) is 7.43. The molecule has 0 heterocycles. The first kappa shape index (κ1) is 14.7. The van der Waals surface area contributed by atoms with Gasteiger partial charge < -0.3 is 16.2 Å². The van der Waals surface area contributed by atoms with E-state index in [4.69, 9.17) is 5.73 Å². The van der Waals surface area contributed by atoms with Crippen LogP contribution in [0.4, 0.5) is 0 Å². The standard InChI is InChI=1S/C14H22N2O2/c1-10-6-4-5-7-11(10)14(2,3)9-16-13(18)12(17)8-15/h4-7,12,17H,8-9,15H2,1-3H3,(H,16,18). The molecule has 18 heavy (non-hydrogen) atoms. The van der Waals surface area contributed by atoms with Crippen molar-refractivity contribution in [3.05, 3.63) is 35.4 Å². The number of aliphatic hydroxyl groups is 1. The van der Waals surface area contributed by atoms with Gasteiger partial charge in [0.25, 0.3) is 0 Å². The van der Waals surface area contributed by atoms with Gasteiger partial charge in [0.2, 0.25) is 5.91 Å². The molecule has 1 unspecified atom stereocenters. The lowest BCUT2D eigenvalue weighted by Crippen LogP contribution is -2.44. The van der Waals surface area contributed by atoms with Crippen LogP contribution < -0.4 is 11.1 Å². The van der Waals surface area contributed by atoms with E-state index < -0.39 is 12.0 Å². The second kappa shape index (κ2) is 5.98. The Hall–Kier alpha value is -1.39. The highest BCUT2D eigenvalue weighted by Gasteiger charge is 2.24. The number of rotatable bonds is 5. The molecule has 0 bridgehead atoms. The maximum absolute atomic E-state index is 11.5. The first-order chi connectivity index (χ1) is 8.38. The molecule has 1 aromatic carbocycles. The van der Waals surface area contributed by atoms with E-state index in [0.717, 1.165) is 0 Å². The first-order valence-corrected chi connectivity index (χ1v) is 6.10. The fourth-order valence-electron chi connectivity index (χ4n) is 1.96.